The highest BCUT2D eigenvalue weighted by atomic mass is 32.1. The number of nitrogens with zero attached hydrogens (tertiary/aromatic N) is 1. The summed E-state index contributed by atoms with van der Waals surface area (Å²) in [5.41, 5.74) is 1.49. The van der Waals surface area contributed by atoms with Gasteiger partial charge in [0.05, 0.1) is 7.11 Å². The Hall–Kier alpha value is -1.75. The zero-order valence-electron chi connectivity index (χ0n) is 8.10. The summed E-state index contributed by atoms with van der Waals surface area (Å²) in [5, 5.41) is 9.57. The van der Waals surface area contributed by atoms with Crippen LogP contribution in [0.3, 0.4) is 0 Å². The van der Waals surface area contributed by atoms with Crippen molar-refractivity contribution in [3.63, 3.8) is 0 Å². The molecule has 0 amide bonds. The van der Waals surface area contributed by atoms with E-state index >= 15 is 0 Å². The molecular weight excluding hydrogens is 212 g/mol. The molecule has 4 nitrogen and oxygen atoms in total. The Balaban J connectivity index is 2.46. The van der Waals surface area contributed by atoms with Crippen LogP contribution in [-0.2, 0) is 0 Å². The van der Waals surface area contributed by atoms with Crippen LogP contribution < -0.4 is 4.74 Å². The second-order valence-electron chi connectivity index (χ2n) is 3.02. The van der Waals surface area contributed by atoms with Crippen LogP contribution in [0.15, 0.2) is 30.5 Å². The number of imidazole rings is 1. The highest BCUT2D eigenvalue weighted by Crippen LogP contribution is 2.21. The number of ether oxygens (including phenoxy) is 1. The van der Waals surface area contributed by atoms with Crippen molar-refractivity contribution < 1.29 is 9.94 Å². The molecule has 1 heterocycles. The van der Waals surface area contributed by atoms with Crippen LogP contribution in [-0.4, -0.2) is 22.0 Å². The van der Waals surface area contributed by atoms with Gasteiger partial charge in [0.25, 0.3) is 0 Å². The Bertz CT molecular complexity index is 513. The van der Waals surface area contributed by atoms with Gasteiger partial charge in [-0.15, -0.1) is 0 Å². The Morgan fingerprint density at radius 2 is 2.00 bits per heavy atom. The molecule has 78 valence electrons. The van der Waals surface area contributed by atoms with Gasteiger partial charge in [0.2, 0.25) is 4.77 Å². The number of methoxy groups -OCH3 is 1. The summed E-state index contributed by atoms with van der Waals surface area (Å²) < 4.78 is 6.26. The minimum absolute atomic E-state index is 0.279. The lowest BCUT2D eigenvalue weighted by Crippen LogP contribution is -1.92. The topological polar surface area (TPSA) is 50.2 Å². The molecule has 0 saturated carbocycles. The number of H-pyrrole nitrogens is 1. The van der Waals surface area contributed by atoms with E-state index in [9.17, 15) is 5.21 Å². The van der Waals surface area contributed by atoms with Crippen LogP contribution in [0.5, 0.6) is 5.75 Å². The molecule has 0 atom stereocenters. The first-order valence-corrected chi connectivity index (χ1v) is 4.77. The van der Waals surface area contributed by atoms with E-state index in [1.807, 2.05) is 24.3 Å². The lowest BCUT2D eigenvalue weighted by molar-refractivity contribution is 0.186. The standard InChI is InChI=1S/C10H10N2O2S/c1-14-8-4-2-7(3-5-8)9-6-11-10(15)12(9)13/h2-6,13H,1H3,(H,11,15). The zero-order chi connectivity index (χ0) is 10.8. The minimum atomic E-state index is 0.279. The summed E-state index contributed by atoms with van der Waals surface area (Å²) in [6, 6.07) is 7.35. The summed E-state index contributed by atoms with van der Waals surface area (Å²) >= 11 is 4.86. The van der Waals surface area contributed by atoms with Gasteiger partial charge in [0.1, 0.15) is 11.4 Å². The van der Waals surface area contributed by atoms with Crippen molar-refractivity contribution in [3.8, 4) is 17.0 Å². The molecular formula is C10H10N2O2S. The second kappa shape index (κ2) is 3.78. The molecule has 0 aliphatic heterocycles. The largest absolute Gasteiger partial charge is 0.497 e. The zero-order valence-corrected chi connectivity index (χ0v) is 8.91. The monoisotopic (exact) mass is 222 g/mol. The van der Waals surface area contributed by atoms with Crippen LogP contribution in [0.4, 0.5) is 0 Å². The molecule has 0 spiro atoms. The number of benzene rings is 1. The molecule has 0 saturated heterocycles. The average Bonchev–Trinajstić information content (AvgIpc) is 2.60. The second-order valence-corrected chi connectivity index (χ2v) is 3.41. The molecule has 2 aromatic rings. The van der Waals surface area contributed by atoms with Gasteiger partial charge < -0.3 is 14.9 Å². The first-order chi connectivity index (χ1) is 7.22. The molecule has 0 radical (unpaired) electrons. The summed E-state index contributed by atoms with van der Waals surface area (Å²) in [7, 11) is 1.61. The predicted molar refractivity (Wildman–Crippen MR) is 58.8 cm³/mol. The lowest BCUT2D eigenvalue weighted by atomic mass is 10.2. The van der Waals surface area contributed by atoms with E-state index in [2.05, 4.69) is 4.98 Å². The highest BCUT2D eigenvalue weighted by molar-refractivity contribution is 7.71. The maximum Gasteiger partial charge on any atom is 0.212 e. The van der Waals surface area contributed by atoms with Crippen molar-refractivity contribution in [1.29, 1.82) is 0 Å². The molecule has 0 aliphatic carbocycles. The molecule has 15 heavy (non-hydrogen) atoms. The smallest absolute Gasteiger partial charge is 0.212 e. The van der Waals surface area contributed by atoms with Gasteiger partial charge in [-0.05, 0) is 36.5 Å². The summed E-state index contributed by atoms with van der Waals surface area (Å²) in [6.45, 7) is 0. The van der Waals surface area contributed by atoms with Crippen molar-refractivity contribution in [2.75, 3.05) is 7.11 Å². The van der Waals surface area contributed by atoms with E-state index < -0.39 is 0 Å². The summed E-state index contributed by atoms with van der Waals surface area (Å²) in [6.07, 6.45) is 1.66. The third-order valence-corrected chi connectivity index (χ3v) is 2.43. The van der Waals surface area contributed by atoms with Gasteiger partial charge in [-0.2, -0.15) is 4.73 Å². The Morgan fingerprint density at radius 3 is 2.47 bits per heavy atom. The first kappa shape index (κ1) is 9.79. The van der Waals surface area contributed by atoms with Crippen molar-refractivity contribution in [1.82, 2.24) is 9.71 Å². The summed E-state index contributed by atoms with van der Waals surface area (Å²) in [5.74, 6) is 0.775. The van der Waals surface area contributed by atoms with E-state index in [4.69, 9.17) is 17.0 Å². The number of hydrogen-bond acceptors (Lipinski definition) is 3. The fourth-order valence-corrected chi connectivity index (χ4v) is 1.49. The Morgan fingerprint density at radius 1 is 1.33 bits per heavy atom. The molecule has 0 unspecified atom stereocenters. The maximum absolute atomic E-state index is 9.57. The van der Waals surface area contributed by atoms with E-state index in [0.717, 1.165) is 16.0 Å². The number of rotatable bonds is 2. The maximum atomic E-state index is 9.57. The van der Waals surface area contributed by atoms with Crippen molar-refractivity contribution in [2.24, 2.45) is 0 Å². The number of aromatic amines is 1. The fraction of sp³-hybridized carbons (Fsp3) is 0.100. The SMILES string of the molecule is COc1ccc(-c2c[nH]c(=S)n2O)cc1. The van der Waals surface area contributed by atoms with Crippen molar-refractivity contribution in [3.05, 3.63) is 35.2 Å². The van der Waals surface area contributed by atoms with Crippen LogP contribution in [0, 0.1) is 4.77 Å². The van der Waals surface area contributed by atoms with E-state index in [0.29, 0.717) is 5.69 Å². The Labute approximate surface area is 91.7 Å². The van der Waals surface area contributed by atoms with Gasteiger partial charge in [0.15, 0.2) is 0 Å². The van der Waals surface area contributed by atoms with E-state index in [-0.39, 0.29) is 4.77 Å². The molecule has 5 heteroatoms. The molecule has 2 rings (SSSR count). The summed E-state index contributed by atoms with van der Waals surface area (Å²) in [4.78, 5) is 2.76. The number of hydrogen-bond donors (Lipinski definition) is 2. The highest BCUT2D eigenvalue weighted by Gasteiger charge is 2.04. The van der Waals surface area contributed by atoms with Crippen LogP contribution in [0.25, 0.3) is 11.3 Å². The molecule has 1 aromatic carbocycles. The third kappa shape index (κ3) is 1.73. The van der Waals surface area contributed by atoms with Crippen LogP contribution in [0.2, 0.25) is 0 Å². The third-order valence-electron chi connectivity index (χ3n) is 2.14. The first-order valence-electron chi connectivity index (χ1n) is 4.36. The van der Waals surface area contributed by atoms with Gasteiger partial charge >= 0.3 is 0 Å². The molecule has 0 fully saturated rings. The number of aromatic nitrogens is 2. The van der Waals surface area contributed by atoms with Gasteiger partial charge in [0, 0.05) is 11.8 Å². The molecule has 0 aliphatic rings. The van der Waals surface area contributed by atoms with Crippen LogP contribution in [0.1, 0.15) is 0 Å². The molecule has 1 aromatic heterocycles. The molecule has 0 bridgehead atoms. The lowest BCUT2D eigenvalue weighted by Gasteiger charge is -2.02. The minimum Gasteiger partial charge on any atom is -0.497 e. The normalized spacial score (nSPS) is 10.2. The predicted octanol–water partition coefficient (Wildman–Crippen LogP) is 2.46. The van der Waals surface area contributed by atoms with Gasteiger partial charge in [-0.25, -0.2) is 0 Å². The quantitative estimate of drug-likeness (QED) is 0.606. The average molecular weight is 222 g/mol. The van der Waals surface area contributed by atoms with Crippen molar-refractivity contribution >= 4 is 12.2 Å². The number of nitrogens with one attached hydrogen (secondary N) is 1. The Kier molecular flexibility index (Phi) is 2.47. The van der Waals surface area contributed by atoms with E-state index in [1.54, 1.807) is 13.3 Å². The van der Waals surface area contributed by atoms with Gasteiger partial charge in [-0.3, -0.25) is 0 Å². The van der Waals surface area contributed by atoms with Gasteiger partial charge in [-0.1, -0.05) is 0 Å². The fourth-order valence-electron chi connectivity index (χ4n) is 1.33. The molecule has 2 N–H and O–H groups in total. The van der Waals surface area contributed by atoms with Crippen molar-refractivity contribution in [2.45, 2.75) is 0 Å². The van der Waals surface area contributed by atoms with Crippen LogP contribution >= 0.6 is 12.2 Å². The van der Waals surface area contributed by atoms with E-state index in [1.165, 1.54) is 0 Å².